The van der Waals surface area contributed by atoms with Gasteiger partial charge in [0.2, 0.25) is 0 Å². The zero-order valence-corrected chi connectivity index (χ0v) is 22.1. The molecule has 0 heterocycles. The summed E-state index contributed by atoms with van der Waals surface area (Å²) in [6, 6.07) is 12.0. The van der Waals surface area contributed by atoms with Crippen molar-refractivity contribution in [1.82, 2.24) is 0 Å². The Balaban J connectivity index is 2.02. The molecule has 0 radical (unpaired) electrons. The summed E-state index contributed by atoms with van der Waals surface area (Å²) in [7, 11) is 0. The second-order valence-corrected chi connectivity index (χ2v) is 20.7. The molecule has 1 aromatic rings. The predicted octanol–water partition coefficient (Wildman–Crippen LogP) is 7.05. The Morgan fingerprint density at radius 3 is 1.56 bits per heavy atom. The fraction of sp³-hybridized carbons (Fsp3) is 0.769. The van der Waals surface area contributed by atoms with Crippen LogP contribution in [-0.2, 0) is 0 Å². The molecule has 0 aromatic heterocycles. The molecule has 2 saturated carbocycles. The monoisotopic (exact) mass is 476 g/mol. The average Bonchev–Trinajstić information content (AvgIpc) is 2.62. The quantitative estimate of drug-likeness (QED) is 0.401. The zero-order chi connectivity index (χ0) is 19.6. The van der Waals surface area contributed by atoms with Crippen molar-refractivity contribution in [3.8, 4) is 0 Å². The normalized spacial score (nSPS) is 36.1. The molecule has 0 nitrogen and oxygen atoms in total. The van der Waals surface area contributed by atoms with E-state index in [0.29, 0.717) is 0 Å². The molecule has 0 saturated heterocycles. The third kappa shape index (κ3) is 5.14. The maximum absolute atomic E-state index is 2.55. The van der Waals surface area contributed by atoms with Gasteiger partial charge in [-0.1, -0.05) is 0 Å². The van der Waals surface area contributed by atoms with E-state index in [9.17, 15) is 0 Å². The van der Waals surface area contributed by atoms with Gasteiger partial charge >= 0.3 is 177 Å². The van der Waals surface area contributed by atoms with Crippen molar-refractivity contribution < 1.29 is 0 Å². The second kappa shape index (κ2) is 9.68. The van der Waals surface area contributed by atoms with Crippen LogP contribution in [0, 0.1) is 35.5 Å². The summed E-state index contributed by atoms with van der Waals surface area (Å²) in [5.41, 5.74) is 0. The minimum atomic E-state index is -1.99. The summed E-state index contributed by atoms with van der Waals surface area (Å²) < 4.78 is 4.01. The van der Waals surface area contributed by atoms with Crippen LogP contribution in [0.2, 0.25) is 7.87 Å². The van der Waals surface area contributed by atoms with E-state index in [1.54, 1.807) is 0 Å². The van der Waals surface area contributed by atoms with Crippen LogP contribution in [0.3, 0.4) is 0 Å². The van der Waals surface area contributed by atoms with Gasteiger partial charge in [0.1, 0.15) is 0 Å². The first-order chi connectivity index (χ1) is 12.9. The third-order valence-electron chi connectivity index (χ3n) is 8.25. The van der Waals surface area contributed by atoms with E-state index >= 15 is 0 Å². The van der Waals surface area contributed by atoms with Gasteiger partial charge in [0, 0.05) is 0 Å². The van der Waals surface area contributed by atoms with Crippen LogP contribution >= 0.6 is 0 Å². The van der Waals surface area contributed by atoms with Gasteiger partial charge in [-0.2, -0.15) is 0 Å². The molecule has 0 amide bonds. The molecule has 1 heteroatoms. The van der Waals surface area contributed by atoms with Crippen molar-refractivity contribution in [3.05, 3.63) is 30.3 Å². The van der Waals surface area contributed by atoms with Crippen LogP contribution in [0.15, 0.2) is 30.3 Å². The van der Waals surface area contributed by atoms with Gasteiger partial charge in [-0.3, -0.25) is 0 Å². The predicted molar refractivity (Wildman–Crippen MR) is 123 cm³/mol. The van der Waals surface area contributed by atoms with E-state index in [1.807, 2.05) is 3.58 Å². The van der Waals surface area contributed by atoms with Crippen LogP contribution in [0.1, 0.15) is 80.1 Å². The van der Waals surface area contributed by atoms with Crippen LogP contribution in [0.5, 0.6) is 0 Å². The molecule has 0 aliphatic heterocycles. The molecule has 3 rings (SSSR count). The Bertz CT molecular complexity index is 531. The summed E-state index contributed by atoms with van der Waals surface area (Å²) in [6.45, 7) is 15.2. The van der Waals surface area contributed by atoms with Crippen molar-refractivity contribution in [2.24, 2.45) is 35.5 Å². The first-order valence-corrected chi connectivity index (χ1v) is 17.4. The first kappa shape index (κ1) is 21.7. The Morgan fingerprint density at radius 1 is 0.704 bits per heavy atom. The number of rotatable bonds is 5. The molecule has 1 aromatic carbocycles. The number of benzene rings is 1. The van der Waals surface area contributed by atoms with Gasteiger partial charge in [0.25, 0.3) is 0 Å². The van der Waals surface area contributed by atoms with E-state index in [2.05, 4.69) is 71.9 Å². The van der Waals surface area contributed by atoms with Gasteiger partial charge < -0.3 is 0 Å². The molecular formula is C26H44Sn. The summed E-state index contributed by atoms with van der Waals surface area (Å²) in [5.74, 6) is 5.62. The van der Waals surface area contributed by atoms with Crippen molar-refractivity contribution in [1.29, 1.82) is 0 Å². The van der Waals surface area contributed by atoms with Gasteiger partial charge in [-0.25, -0.2) is 0 Å². The van der Waals surface area contributed by atoms with Gasteiger partial charge in [-0.15, -0.1) is 0 Å². The fourth-order valence-corrected chi connectivity index (χ4v) is 24.4. The topological polar surface area (TPSA) is 0 Å². The second-order valence-electron chi connectivity index (χ2n) is 10.9. The summed E-state index contributed by atoms with van der Waals surface area (Å²) in [6.07, 6.45) is 9.02. The minimum absolute atomic E-state index is 0.865. The molecule has 27 heavy (non-hydrogen) atoms. The van der Waals surface area contributed by atoms with Gasteiger partial charge in [0.05, 0.1) is 0 Å². The van der Waals surface area contributed by atoms with Crippen LogP contribution in [0.25, 0.3) is 0 Å². The molecule has 2 fully saturated rings. The Hall–Kier alpha value is 0.0187. The molecular weight excluding hydrogens is 431 g/mol. The average molecular weight is 475 g/mol. The fourth-order valence-electron chi connectivity index (χ4n) is 6.87. The van der Waals surface area contributed by atoms with E-state index in [4.69, 9.17) is 0 Å². The molecule has 2 aliphatic rings. The Kier molecular flexibility index (Phi) is 7.79. The number of hydrogen-bond donors (Lipinski definition) is 0. The molecule has 0 N–H and O–H groups in total. The standard InChI is InChI=1S/2C10H19.C6H5.Sn.H/c2*1-8(2)10-6-4-9(3)5-7-10;1-2-4-6-5-3-1;;/h2*6,8-10H,4-5,7H2,1-3H3;1-5H;;/t2*9-,10?;;;/m11.../s1. The van der Waals surface area contributed by atoms with E-state index in [1.165, 1.54) is 38.5 Å². The van der Waals surface area contributed by atoms with Crippen LogP contribution < -0.4 is 3.58 Å². The molecule has 4 unspecified atom stereocenters. The van der Waals surface area contributed by atoms with E-state index in [-0.39, 0.29) is 0 Å². The van der Waals surface area contributed by atoms with E-state index in [0.717, 1.165) is 43.4 Å². The molecule has 0 spiro atoms. The molecule has 0 bridgehead atoms. The van der Waals surface area contributed by atoms with E-state index < -0.39 is 19.8 Å². The SMILES string of the molecule is CC(C)C1CC[C@H](C)C[CH]1[SnH]([c]1ccccc1)[CH]1C[C@@H](C)CCC1C(C)C. The Morgan fingerprint density at radius 2 is 1.15 bits per heavy atom. The van der Waals surface area contributed by atoms with Crippen molar-refractivity contribution in [2.45, 2.75) is 87.9 Å². The summed E-state index contributed by atoms with van der Waals surface area (Å²) in [4.78, 5) is 0. The van der Waals surface area contributed by atoms with Crippen molar-refractivity contribution in [2.75, 3.05) is 0 Å². The Labute approximate surface area is 176 Å². The van der Waals surface area contributed by atoms with Crippen molar-refractivity contribution in [3.63, 3.8) is 0 Å². The third-order valence-corrected chi connectivity index (χ3v) is 21.2. The first-order valence-electron chi connectivity index (χ1n) is 11.9. The van der Waals surface area contributed by atoms with Crippen LogP contribution in [-0.4, -0.2) is 19.8 Å². The van der Waals surface area contributed by atoms with Gasteiger partial charge in [0.15, 0.2) is 0 Å². The number of hydrogen-bond acceptors (Lipinski definition) is 0. The molecule has 152 valence electrons. The van der Waals surface area contributed by atoms with Gasteiger partial charge in [-0.05, 0) is 0 Å². The van der Waals surface area contributed by atoms with Crippen LogP contribution in [0.4, 0.5) is 0 Å². The zero-order valence-electron chi connectivity index (χ0n) is 18.8. The van der Waals surface area contributed by atoms with Crippen molar-refractivity contribution >= 4 is 23.3 Å². The summed E-state index contributed by atoms with van der Waals surface area (Å²) in [5, 5.41) is 0. The molecule has 2 aliphatic carbocycles. The summed E-state index contributed by atoms with van der Waals surface area (Å²) >= 11 is -1.99. The maximum atomic E-state index is 2.55. The molecule has 6 atom stereocenters.